The maximum absolute atomic E-state index is 17.1. The van der Waals surface area contributed by atoms with Gasteiger partial charge in [-0.05, 0) is 48.8 Å². The van der Waals surface area contributed by atoms with Gasteiger partial charge in [0, 0.05) is 30.3 Å². The average Bonchev–Trinajstić information content (AvgIpc) is 3.32. The van der Waals surface area contributed by atoms with E-state index in [-0.39, 0.29) is 17.3 Å². The lowest BCUT2D eigenvalue weighted by Crippen LogP contribution is -2.66. The number of allylic oxidation sites excluding steroid dienone is 5. The average molecular weight is 418 g/mol. The highest BCUT2D eigenvalue weighted by atomic mass is 19.1. The number of hydrogen-bond acceptors (Lipinski definition) is 5. The number of aliphatic imine (C=N–C) groups is 1. The van der Waals surface area contributed by atoms with Crippen LogP contribution in [0.1, 0.15) is 46.0 Å². The molecule has 4 aliphatic carbocycles. The Balaban J connectivity index is 1.52. The Kier molecular flexibility index (Phi) is 4.59. The molecule has 6 heteroatoms. The highest BCUT2D eigenvalue weighted by Crippen LogP contribution is 2.68. The Morgan fingerprint density at radius 2 is 1.97 bits per heavy atom. The third-order valence-corrected chi connectivity index (χ3v) is 8.80. The van der Waals surface area contributed by atoms with Crippen LogP contribution in [0.3, 0.4) is 0 Å². The van der Waals surface area contributed by atoms with E-state index in [0.29, 0.717) is 32.3 Å². The monoisotopic (exact) mass is 417 g/mol. The zero-order valence-corrected chi connectivity index (χ0v) is 18.3. The molecule has 0 aromatic heterocycles. The number of nitrogens with zero attached hydrogens (tertiary/aromatic N) is 1. The van der Waals surface area contributed by atoms with Crippen LogP contribution in [0.25, 0.3) is 0 Å². The second-order valence-electron chi connectivity index (χ2n) is 9.94. The first kappa shape index (κ1) is 20.4. The largest absolute Gasteiger partial charge is 0.501 e. The summed E-state index contributed by atoms with van der Waals surface area (Å²) in [5, 5.41) is 11.4. The summed E-state index contributed by atoms with van der Waals surface area (Å²) in [6, 6.07) is 0. The minimum absolute atomic E-state index is 0.132. The Morgan fingerprint density at radius 3 is 2.67 bits per heavy atom. The lowest BCUT2D eigenvalue weighted by atomic mass is 9.45. The van der Waals surface area contributed by atoms with E-state index in [2.05, 4.69) is 24.1 Å². The van der Waals surface area contributed by atoms with Crippen LogP contribution in [0, 0.1) is 22.7 Å². The molecule has 164 valence electrons. The van der Waals surface area contributed by atoms with Crippen molar-refractivity contribution in [2.45, 2.75) is 64.1 Å². The topological polar surface area (TPSA) is 60.3 Å². The van der Waals surface area contributed by atoms with Crippen LogP contribution in [-0.2, 0) is 14.2 Å². The van der Waals surface area contributed by atoms with Gasteiger partial charge >= 0.3 is 0 Å². The molecule has 0 saturated heterocycles. The van der Waals surface area contributed by atoms with E-state index in [1.165, 1.54) is 0 Å². The lowest BCUT2D eigenvalue weighted by molar-refractivity contribution is -0.189. The molecule has 1 fully saturated rings. The van der Waals surface area contributed by atoms with Crippen LogP contribution >= 0.6 is 0 Å². The molecule has 1 unspecified atom stereocenters. The molecule has 0 bridgehead atoms. The molecule has 1 heterocycles. The second-order valence-corrected chi connectivity index (χ2v) is 9.94. The highest BCUT2D eigenvalue weighted by molar-refractivity contribution is 6.03. The van der Waals surface area contributed by atoms with Crippen molar-refractivity contribution in [3.63, 3.8) is 0 Å². The molecule has 1 N–H and O–H groups in total. The van der Waals surface area contributed by atoms with Crippen molar-refractivity contribution in [1.29, 1.82) is 0 Å². The molecule has 30 heavy (non-hydrogen) atoms. The van der Waals surface area contributed by atoms with Gasteiger partial charge in [0.05, 0.1) is 31.3 Å². The number of halogens is 1. The molecule has 0 aromatic rings. The molecular weight excluding hydrogens is 385 g/mol. The van der Waals surface area contributed by atoms with Crippen LogP contribution in [0.4, 0.5) is 4.39 Å². The van der Waals surface area contributed by atoms with Gasteiger partial charge in [-0.2, -0.15) is 0 Å². The molecule has 0 amide bonds. The standard InChI is InChI=1S/C24H32FNO4/c1-22-12-20(27)24(25)17(6-5-14-11-15(28-3)9-10-23(14,24)2)16(22)7-8-18(22)19-13-30-21(26-19)29-4/h5,8,11,16-17,20-21,27H,6-7,9-10,12-13H2,1-4H3/t16-,17-,20-,21?,22-,23-,24-/m0/s1. The maximum Gasteiger partial charge on any atom is 0.258 e. The van der Waals surface area contributed by atoms with E-state index >= 15 is 4.39 Å². The van der Waals surface area contributed by atoms with Crippen molar-refractivity contribution in [2.24, 2.45) is 27.7 Å². The summed E-state index contributed by atoms with van der Waals surface area (Å²) in [5.74, 6) is 0.799. The quantitative estimate of drug-likeness (QED) is 0.751. The summed E-state index contributed by atoms with van der Waals surface area (Å²) in [6.45, 7) is 4.58. The Hall–Kier alpha value is -1.50. The molecule has 0 radical (unpaired) electrons. The van der Waals surface area contributed by atoms with Crippen molar-refractivity contribution < 1.29 is 23.7 Å². The third-order valence-electron chi connectivity index (χ3n) is 8.80. The van der Waals surface area contributed by atoms with Crippen LogP contribution in [-0.4, -0.2) is 49.8 Å². The van der Waals surface area contributed by atoms with E-state index in [4.69, 9.17) is 14.2 Å². The maximum atomic E-state index is 17.1. The minimum Gasteiger partial charge on any atom is -0.501 e. The number of methoxy groups -OCH3 is 2. The predicted octanol–water partition coefficient (Wildman–Crippen LogP) is 4.09. The fourth-order valence-electron chi connectivity index (χ4n) is 7.11. The van der Waals surface area contributed by atoms with Gasteiger partial charge < -0.3 is 19.3 Å². The first-order valence-corrected chi connectivity index (χ1v) is 11.0. The van der Waals surface area contributed by atoms with Crippen molar-refractivity contribution in [3.05, 3.63) is 35.1 Å². The smallest absolute Gasteiger partial charge is 0.258 e. The summed E-state index contributed by atoms with van der Waals surface area (Å²) in [6.07, 6.45) is 7.99. The Labute approximate surface area is 177 Å². The van der Waals surface area contributed by atoms with Gasteiger partial charge in [-0.3, -0.25) is 0 Å². The van der Waals surface area contributed by atoms with E-state index in [1.54, 1.807) is 14.2 Å². The van der Waals surface area contributed by atoms with Gasteiger partial charge in [0.15, 0.2) is 0 Å². The Morgan fingerprint density at radius 1 is 1.20 bits per heavy atom. The number of ether oxygens (including phenoxy) is 3. The number of aliphatic hydroxyl groups is 1. The van der Waals surface area contributed by atoms with Crippen molar-refractivity contribution in [3.8, 4) is 0 Å². The summed E-state index contributed by atoms with van der Waals surface area (Å²) >= 11 is 0. The van der Waals surface area contributed by atoms with Crippen LogP contribution in [0.15, 0.2) is 40.1 Å². The third kappa shape index (κ3) is 2.47. The van der Waals surface area contributed by atoms with E-state index in [0.717, 1.165) is 29.0 Å². The predicted molar refractivity (Wildman–Crippen MR) is 112 cm³/mol. The number of alkyl halides is 1. The highest BCUT2D eigenvalue weighted by Gasteiger charge is 2.69. The molecule has 5 rings (SSSR count). The SMILES string of the molecule is COC1=CC2=CC[C@H]3[C@@H]4CC=C(C5=NC(OC)OC5)[C@@]4(C)C[C@H](O)[C@]3(F)[C@@]2(C)CC1. The molecule has 5 aliphatic rings. The zero-order valence-electron chi connectivity index (χ0n) is 18.3. The molecule has 0 spiro atoms. The van der Waals surface area contributed by atoms with Crippen molar-refractivity contribution in [1.82, 2.24) is 0 Å². The first-order chi connectivity index (χ1) is 14.3. The van der Waals surface area contributed by atoms with E-state index in [1.807, 2.05) is 13.0 Å². The van der Waals surface area contributed by atoms with Gasteiger partial charge in [-0.15, -0.1) is 0 Å². The number of rotatable bonds is 3. The van der Waals surface area contributed by atoms with Crippen molar-refractivity contribution in [2.75, 3.05) is 20.8 Å². The van der Waals surface area contributed by atoms with Crippen LogP contribution in [0.2, 0.25) is 0 Å². The fourth-order valence-corrected chi connectivity index (χ4v) is 7.11. The van der Waals surface area contributed by atoms with Gasteiger partial charge in [0.2, 0.25) is 0 Å². The van der Waals surface area contributed by atoms with Gasteiger partial charge in [-0.25, -0.2) is 9.38 Å². The number of hydrogen-bond donors (Lipinski definition) is 1. The molecule has 1 saturated carbocycles. The summed E-state index contributed by atoms with van der Waals surface area (Å²) < 4.78 is 33.4. The molecule has 1 aliphatic heterocycles. The normalized spacial score (nSPS) is 47.4. The summed E-state index contributed by atoms with van der Waals surface area (Å²) in [7, 11) is 3.24. The summed E-state index contributed by atoms with van der Waals surface area (Å²) in [4.78, 5) is 4.56. The molecular formula is C24H32FNO4. The van der Waals surface area contributed by atoms with Crippen molar-refractivity contribution >= 4 is 5.71 Å². The van der Waals surface area contributed by atoms with E-state index in [9.17, 15) is 5.11 Å². The van der Waals surface area contributed by atoms with E-state index < -0.39 is 23.6 Å². The number of aliphatic hydroxyl groups excluding tert-OH is 1. The zero-order chi connectivity index (χ0) is 21.3. The lowest BCUT2D eigenvalue weighted by Gasteiger charge is -2.61. The van der Waals surface area contributed by atoms with Gasteiger partial charge in [-0.1, -0.05) is 26.0 Å². The van der Waals surface area contributed by atoms with Gasteiger partial charge in [0.25, 0.3) is 6.41 Å². The second kappa shape index (κ2) is 6.75. The molecule has 0 aromatic carbocycles. The van der Waals surface area contributed by atoms with Gasteiger partial charge in [0.1, 0.15) is 5.67 Å². The molecule has 7 atom stereocenters. The first-order valence-electron chi connectivity index (χ1n) is 11.0. The fraction of sp³-hybridized carbons (Fsp3) is 0.708. The van der Waals surface area contributed by atoms with Crippen LogP contribution < -0.4 is 0 Å². The van der Waals surface area contributed by atoms with Crippen LogP contribution in [0.5, 0.6) is 0 Å². The molecule has 5 nitrogen and oxygen atoms in total. The summed E-state index contributed by atoms with van der Waals surface area (Å²) in [5.41, 5.74) is 0.316. The Bertz CT molecular complexity index is 878. The number of fused-ring (bicyclic) bond motifs is 5. The minimum atomic E-state index is -1.65.